The Kier molecular flexibility index (Phi) is 5.10. The SMILES string of the molecule is CCN(C(=O)[C@H](N)C(C)C)C1COCC1C(=O)O. The molecule has 2 unspecified atom stereocenters. The van der Waals surface area contributed by atoms with Crippen molar-refractivity contribution in [2.45, 2.75) is 32.9 Å². The van der Waals surface area contributed by atoms with E-state index in [9.17, 15) is 9.59 Å². The zero-order valence-corrected chi connectivity index (χ0v) is 11.1. The van der Waals surface area contributed by atoms with E-state index in [1.807, 2.05) is 20.8 Å². The van der Waals surface area contributed by atoms with E-state index in [1.54, 1.807) is 0 Å². The van der Waals surface area contributed by atoms with Crippen molar-refractivity contribution in [2.24, 2.45) is 17.6 Å². The van der Waals surface area contributed by atoms with Crippen molar-refractivity contribution in [1.29, 1.82) is 0 Å². The van der Waals surface area contributed by atoms with E-state index in [-0.39, 0.29) is 25.0 Å². The Morgan fingerprint density at radius 1 is 1.44 bits per heavy atom. The summed E-state index contributed by atoms with van der Waals surface area (Å²) in [5.41, 5.74) is 5.85. The first-order valence-electron chi connectivity index (χ1n) is 6.26. The summed E-state index contributed by atoms with van der Waals surface area (Å²) < 4.78 is 5.19. The molecule has 0 aromatic rings. The zero-order valence-electron chi connectivity index (χ0n) is 11.1. The van der Waals surface area contributed by atoms with Gasteiger partial charge in [-0.25, -0.2) is 0 Å². The van der Waals surface area contributed by atoms with Crippen LogP contribution in [0.25, 0.3) is 0 Å². The molecule has 1 amide bonds. The van der Waals surface area contributed by atoms with Crippen LogP contribution < -0.4 is 5.73 Å². The summed E-state index contributed by atoms with van der Waals surface area (Å²) >= 11 is 0. The maximum Gasteiger partial charge on any atom is 0.311 e. The third-order valence-electron chi connectivity index (χ3n) is 3.40. The van der Waals surface area contributed by atoms with Crippen LogP contribution in [-0.4, -0.2) is 53.7 Å². The van der Waals surface area contributed by atoms with Gasteiger partial charge in [0, 0.05) is 6.54 Å². The minimum absolute atomic E-state index is 0.0251. The lowest BCUT2D eigenvalue weighted by atomic mass is 9.99. The molecular formula is C12H22N2O4. The molecule has 3 atom stereocenters. The van der Waals surface area contributed by atoms with E-state index in [0.717, 1.165) is 0 Å². The number of nitrogens with zero attached hydrogens (tertiary/aromatic N) is 1. The number of hydrogen-bond acceptors (Lipinski definition) is 4. The molecule has 1 aliphatic rings. The summed E-state index contributed by atoms with van der Waals surface area (Å²) in [5, 5.41) is 9.11. The van der Waals surface area contributed by atoms with Crippen LogP contribution in [0.5, 0.6) is 0 Å². The summed E-state index contributed by atoms with van der Waals surface area (Å²) in [6, 6.07) is -1.01. The summed E-state index contributed by atoms with van der Waals surface area (Å²) in [7, 11) is 0. The second-order valence-corrected chi connectivity index (χ2v) is 4.94. The van der Waals surface area contributed by atoms with Gasteiger partial charge in [-0.05, 0) is 12.8 Å². The minimum Gasteiger partial charge on any atom is -0.481 e. The maximum atomic E-state index is 12.2. The van der Waals surface area contributed by atoms with Gasteiger partial charge in [-0.3, -0.25) is 9.59 Å². The Morgan fingerprint density at radius 2 is 2.06 bits per heavy atom. The second-order valence-electron chi connectivity index (χ2n) is 4.94. The average molecular weight is 258 g/mol. The van der Waals surface area contributed by atoms with Crippen molar-refractivity contribution in [3.05, 3.63) is 0 Å². The van der Waals surface area contributed by atoms with Crippen molar-refractivity contribution in [3.8, 4) is 0 Å². The van der Waals surface area contributed by atoms with Gasteiger partial charge >= 0.3 is 5.97 Å². The van der Waals surface area contributed by atoms with Crippen LogP contribution in [0, 0.1) is 11.8 Å². The summed E-state index contributed by atoms with van der Waals surface area (Å²) in [5.74, 6) is -1.76. The molecule has 0 bridgehead atoms. The van der Waals surface area contributed by atoms with E-state index in [4.69, 9.17) is 15.6 Å². The molecule has 0 radical (unpaired) electrons. The molecule has 0 aromatic carbocycles. The van der Waals surface area contributed by atoms with Gasteiger partial charge in [0.25, 0.3) is 0 Å². The Labute approximate surface area is 107 Å². The lowest BCUT2D eigenvalue weighted by Crippen LogP contribution is -2.53. The molecule has 0 saturated carbocycles. The molecule has 1 fully saturated rings. The first kappa shape index (κ1) is 14.9. The maximum absolute atomic E-state index is 12.2. The van der Waals surface area contributed by atoms with Crippen molar-refractivity contribution in [1.82, 2.24) is 4.90 Å². The third-order valence-corrected chi connectivity index (χ3v) is 3.40. The van der Waals surface area contributed by atoms with Crippen molar-refractivity contribution >= 4 is 11.9 Å². The number of carboxylic acids is 1. The minimum atomic E-state index is -0.929. The number of rotatable bonds is 5. The predicted octanol–water partition coefficient (Wildman–Crippen LogP) is -0.0822. The highest BCUT2D eigenvalue weighted by Crippen LogP contribution is 2.21. The van der Waals surface area contributed by atoms with Crippen LogP contribution in [0.15, 0.2) is 0 Å². The summed E-state index contributed by atoms with van der Waals surface area (Å²) in [6.07, 6.45) is 0. The Bertz CT molecular complexity index is 319. The van der Waals surface area contributed by atoms with Gasteiger partial charge in [0.05, 0.1) is 25.3 Å². The Morgan fingerprint density at radius 3 is 2.50 bits per heavy atom. The fraction of sp³-hybridized carbons (Fsp3) is 0.833. The van der Waals surface area contributed by atoms with Crippen molar-refractivity contribution in [3.63, 3.8) is 0 Å². The molecule has 1 heterocycles. The fourth-order valence-electron chi connectivity index (χ4n) is 2.12. The third kappa shape index (κ3) is 3.00. The van der Waals surface area contributed by atoms with Gasteiger partial charge in [-0.15, -0.1) is 0 Å². The van der Waals surface area contributed by atoms with Crippen LogP contribution in [-0.2, 0) is 14.3 Å². The fourth-order valence-corrected chi connectivity index (χ4v) is 2.12. The second kappa shape index (κ2) is 6.15. The van der Waals surface area contributed by atoms with E-state index in [1.165, 1.54) is 4.90 Å². The lowest BCUT2D eigenvalue weighted by molar-refractivity contribution is -0.145. The highest BCUT2D eigenvalue weighted by Gasteiger charge is 2.40. The number of carbonyl (C=O) groups excluding carboxylic acids is 1. The topological polar surface area (TPSA) is 92.9 Å². The molecule has 0 aliphatic carbocycles. The lowest BCUT2D eigenvalue weighted by Gasteiger charge is -2.32. The molecule has 1 saturated heterocycles. The number of likely N-dealkylation sites (N-methyl/N-ethyl adjacent to an activating group) is 1. The normalized spacial score (nSPS) is 25.2. The molecule has 0 aromatic heterocycles. The molecule has 3 N–H and O–H groups in total. The number of carboxylic acid groups (broad SMARTS) is 1. The van der Waals surface area contributed by atoms with Gasteiger partial charge in [0.15, 0.2) is 0 Å². The van der Waals surface area contributed by atoms with Gasteiger partial charge in [-0.1, -0.05) is 13.8 Å². The van der Waals surface area contributed by atoms with E-state index >= 15 is 0 Å². The van der Waals surface area contributed by atoms with Gasteiger partial charge in [0.2, 0.25) is 5.91 Å². The molecule has 6 heteroatoms. The summed E-state index contributed by atoms with van der Waals surface area (Å²) in [4.78, 5) is 24.9. The quantitative estimate of drug-likeness (QED) is 0.719. The highest BCUT2D eigenvalue weighted by molar-refractivity contribution is 5.83. The molecule has 0 spiro atoms. The van der Waals surface area contributed by atoms with Crippen molar-refractivity contribution in [2.75, 3.05) is 19.8 Å². The van der Waals surface area contributed by atoms with E-state index in [2.05, 4.69) is 0 Å². The zero-order chi connectivity index (χ0) is 13.9. The number of ether oxygens (including phenoxy) is 1. The van der Waals surface area contributed by atoms with E-state index in [0.29, 0.717) is 6.54 Å². The first-order chi connectivity index (χ1) is 8.40. The first-order valence-corrected chi connectivity index (χ1v) is 6.26. The smallest absolute Gasteiger partial charge is 0.311 e. The highest BCUT2D eigenvalue weighted by atomic mass is 16.5. The largest absolute Gasteiger partial charge is 0.481 e. The van der Waals surface area contributed by atoms with Crippen LogP contribution in [0.3, 0.4) is 0 Å². The number of nitrogens with two attached hydrogens (primary N) is 1. The van der Waals surface area contributed by atoms with Gasteiger partial charge in [-0.2, -0.15) is 0 Å². The van der Waals surface area contributed by atoms with Crippen molar-refractivity contribution < 1.29 is 19.4 Å². The summed E-state index contributed by atoms with van der Waals surface area (Å²) in [6.45, 7) is 6.42. The number of amides is 1. The monoisotopic (exact) mass is 258 g/mol. The molecular weight excluding hydrogens is 236 g/mol. The van der Waals surface area contributed by atoms with E-state index < -0.39 is 24.0 Å². The average Bonchev–Trinajstić information content (AvgIpc) is 2.77. The Hall–Kier alpha value is -1.14. The number of hydrogen-bond donors (Lipinski definition) is 2. The molecule has 6 nitrogen and oxygen atoms in total. The standard InChI is InChI=1S/C12H22N2O4/c1-4-14(11(15)10(13)7(2)3)9-6-18-5-8(9)12(16)17/h7-10H,4-6,13H2,1-3H3,(H,16,17)/t8?,9?,10-/m1/s1. The Balaban J connectivity index is 2.82. The number of aliphatic carboxylic acids is 1. The van der Waals surface area contributed by atoms with Gasteiger partial charge < -0.3 is 20.5 Å². The number of carbonyl (C=O) groups is 2. The molecule has 18 heavy (non-hydrogen) atoms. The molecule has 104 valence electrons. The predicted molar refractivity (Wildman–Crippen MR) is 65.9 cm³/mol. The molecule has 1 aliphatic heterocycles. The van der Waals surface area contributed by atoms with Crippen LogP contribution in [0.4, 0.5) is 0 Å². The van der Waals surface area contributed by atoms with Crippen LogP contribution in [0.2, 0.25) is 0 Å². The van der Waals surface area contributed by atoms with Gasteiger partial charge in [0.1, 0.15) is 5.92 Å². The van der Waals surface area contributed by atoms with Crippen LogP contribution >= 0.6 is 0 Å². The molecule has 1 rings (SSSR count). The van der Waals surface area contributed by atoms with Crippen LogP contribution in [0.1, 0.15) is 20.8 Å².